The highest BCUT2D eigenvalue weighted by atomic mass is 32.1. The van der Waals surface area contributed by atoms with Crippen LogP contribution in [0.5, 0.6) is 0 Å². The first-order chi connectivity index (χ1) is 8.66. The van der Waals surface area contributed by atoms with Crippen molar-refractivity contribution in [3.05, 3.63) is 30.0 Å². The van der Waals surface area contributed by atoms with E-state index in [1.54, 1.807) is 0 Å². The number of aryl methyl sites for hydroxylation is 1. The fourth-order valence-corrected chi connectivity index (χ4v) is 2.66. The molecule has 5 nitrogen and oxygen atoms in total. The summed E-state index contributed by atoms with van der Waals surface area (Å²) in [6.07, 6.45) is 1.81. The first-order valence-corrected chi connectivity index (χ1v) is 6.17. The maximum absolute atomic E-state index is 6.03. The Kier molecular flexibility index (Phi) is 2.38. The molecule has 0 radical (unpaired) electrons. The largest absolute Gasteiger partial charge is 0.398 e. The summed E-state index contributed by atoms with van der Waals surface area (Å²) in [5, 5.41) is 0.832. The summed E-state index contributed by atoms with van der Waals surface area (Å²) >= 11 is 1.38. The van der Waals surface area contributed by atoms with Crippen LogP contribution in [0.3, 0.4) is 0 Å². The lowest BCUT2D eigenvalue weighted by atomic mass is 10.1. The van der Waals surface area contributed by atoms with Crippen LogP contribution < -0.4 is 11.5 Å². The van der Waals surface area contributed by atoms with E-state index in [2.05, 4.69) is 14.3 Å². The molecule has 0 saturated carbocycles. The molecular weight excluding hydrogens is 246 g/mol. The van der Waals surface area contributed by atoms with E-state index < -0.39 is 0 Å². The Bertz CT molecular complexity index is 734. The Morgan fingerprint density at radius 2 is 2.00 bits per heavy atom. The molecule has 0 aliphatic carbocycles. The topological polar surface area (TPSA) is 90.7 Å². The summed E-state index contributed by atoms with van der Waals surface area (Å²) < 4.78 is 4.16. The number of benzene rings is 1. The molecule has 0 saturated heterocycles. The minimum absolute atomic E-state index is 0.246. The van der Waals surface area contributed by atoms with Crippen LogP contribution in [-0.4, -0.2) is 14.3 Å². The second kappa shape index (κ2) is 3.92. The van der Waals surface area contributed by atoms with Crippen LogP contribution in [0, 0.1) is 6.92 Å². The standard InChI is InChI=1S/C12H11N5S/c1-6-5-15-18-11(6)10-9-7(13)3-2-4-8(9)16-12(14)17-10/h2-5H,13H2,1H3,(H2,14,16,17). The van der Waals surface area contributed by atoms with Crippen molar-refractivity contribution in [2.75, 3.05) is 11.5 Å². The molecule has 1 aromatic carbocycles. The summed E-state index contributed by atoms with van der Waals surface area (Å²) in [4.78, 5) is 9.51. The van der Waals surface area contributed by atoms with Gasteiger partial charge in [-0.1, -0.05) is 6.07 Å². The van der Waals surface area contributed by atoms with Gasteiger partial charge in [-0.3, -0.25) is 0 Å². The summed E-state index contributed by atoms with van der Waals surface area (Å²) in [6.45, 7) is 1.99. The monoisotopic (exact) mass is 257 g/mol. The first-order valence-electron chi connectivity index (χ1n) is 5.40. The van der Waals surface area contributed by atoms with Crippen LogP contribution in [0.2, 0.25) is 0 Å². The maximum atomic E-state index is 6.03. The van der Waals surface area contributed by atoms with Crippen molar-refractivity contribution in [3.63, 3.8) is 0 Å². The van der Waals surface area contributed by atoms with E-state index in [1.807, 2.05) is 31.3 Å². The SMILES string of the molecule is Cc1cnsc1-c1nc(N)nc2cccc(N)c12. The number of rotatable bonds is 1. The maximum Gasteiger partial charge on any atom is 0.221 e. The molecule has 0 atom stereocenters. The van der Waals surface area contributed by atoms with Crippen LogP contribution in [0.4, 0.5) is 11.6 Å². The zero-order chi connectivity index (χ0) is 12.7. The van der Waals surface area contributed by atoms with E-state index in [1.165, 1.54) is 11.5 Å². The number of nitrogens with zero attached hydrogens (tertiary/aromatic N) is 3. The predicted octanol–water partition coefficient (Wildman–Crippen LogP) is 2.23. The van der Waals surface area contributed by atoms with E-state index in [9.17, 15) is 0 Å². The fourth-order valence-electron chi connectivity index (χ4n) is 1.91. The Labute approximate surface area is 108 Å². The average molecular weight is 257 g/mol. The van der Waals surface area contributed by atoms with E-state index in [0.717, 1.165) is 27.0 Å². The van der Waals surface area contributed by atoms with Crippen molar-refractivity contribution in [1.82, 2.24) is 14.3 Å². The third-order valence-electron chi connectivity index (χ3n) is 2.74. The molecule has 3 rings (SSSR count). The molecule has 0 amide bonds. The van der Waals surface area contributed by atoms with Crippen LogP contribution >= 0.6 is 11.5 Å². The predicted molar refractivity (Wildman–Crippen MR) is 74.2 cm³/mol. The number of nitrogens with two attached hydrogens (primary N) is 2. The van der Waals surface area contributed by atoms with Crippen LogP contribution in [0.15, 0.2) is 24.4 Å². The fraction of sp³-hybridized carbons (Fsp3) is 0.0833. The normalized spacial score (nSPS) is 10.9. The van der Waals surface area contributed by atoms with Gasteiger partial charge in [0.25, 0.3) is 0 Å². The highest BCUT2D eigenvalue weighted by Crippen LogP contribution is 2.34. The molecule has 0 aliphatic rings. The molecule has 0 fully saturated rings. The molecule has 4 N–H and O–H groups in total. The van der Waals surface area contributed by atoms with Gasteiger partial charge in [-0.15, -0.1) is 0 Å². The van der Waals surface area contributed by atoms with Gasteiger partial charge in [0.15, 0.2) is 0 Å². The van der Waals surface area contributed by atoms with E-state index >= 15 is 0 Å². The quantitative estimate of drug-likeness (QED) is 0.652. The molecule has 0 aliphatic heterocycles. The van der Waals surface area contributed by atoms with Crippen molar-refractivity contribution >= 4 is 34.1 Å². The lowest BCUT2D eigenvalue weighted by Crippen LogP contribution is -2.00. The van der Waals surface area contributed by atoms with Crippen molar-refractivity contribution in [2.24, 2.45) is 0 Å². The van der Waals surface area contributed by atoms with Gasteiger partial charge in [0.05, 0.1) is 21.5 Å². The summed E-state index contributed by atoms with van der Waals surface area (Å²) in [7, 11) is 0. The van der Waals surface area contributed by atoms with Gasteiger partial charge in [0, 0.05) is 11.9 Å². The second-order valence-corrected chi connectivity index (χ2v) is 4.81. The number of hydrogen-bond acceptors (Lipinski definition) is 6. The second-order valence-electron chi connectivity index (χ2n) is 4.01. The van der Waals surface area contributed by atoms with Gasteiger partial charge in [0.1, 0.15) is 0 Å². The van der Waals surface area contributed by atoms with E-state index in [-0.39, 0.29) is 5.95 Å². The van der Waals surface area contributed by atoms with Crippen molar-refractivity contribution in [2.45, 2.75) is 6.92 Å². The summed E-state index contributed by atoms with van der Waals surface area (Å²) in [5.74, 6) is 0.246. The van der Waals surface area contributed by atoms with Gasteiger partial charge in [-0.25, -0.2) is 14.3 Å². The number of hydrogen-bond donors (Lipinski definition) is 2. The molecule has 0 spiro atoms. The van der Waals surface area contributed by atoms with Gasteiger partial charge in [-0.05, 0) is 36.2 Å². The third-order valence-corrected chi connectivity index (χ3v) is 3.65. The van der Waals surface area contributed by atoms with Crippen molar-refractivity contribution < 1.29 is 0 Å². The zero-order valence-electron chi connectivity index (χ0n) is 9.71. The molecule has 18 heavy (non-hydrogen) atoms. The van der Waals surface area contributed by atoms with Gasteiger partial charge in [0.2, 0.25) is 5.95 Å². The number of fused-ring (bicyclic) bond motifs is 1. The molecule has 0 bridgehead atoms. The molecule has 0 unspecified atom stereocenters. The number of anilines is 2. The summed E-state index contributed by atoms with van der Waals surface area (Å²) in [6, 6.07) is 5.57. The van der Waals surface area contributed by atoms with E-state index in [4.69, 9.17) is 11.5 Å². The molecule has 90 valence electrons. The van der Waals surface area contributed by atoms with Crippen LogP contribution in [0.25, 0.3) is 21.5 Å². The van der Waals surface area contributed by atoms with Gasteiger partial charge < -0.3 is 11.5 Å². The van der Waals surface area contributed by atoms with Crippen LogP contribution in [-0.2, 0) is 0 Å². The molecule has 3 aromatic rings. The summed E-state index contributed by atoms with van der Waals surface area (Å²) in [5.41, 5.74) is 15.0. The van der Waals surface area contributed by atoms with Crippen molar-refractivity contribution in [1.29, 1.82) is 0 Å². The van der Waals surface area contributed by atoms with Gasteiger partial charge >= 0.3 is 0 Å². The molecule has 6 heteroatoms. The molecule has 2 heterocycles. The average Bonchev–Trinajstić information content (AvgIpc) is 2.74. The molecule has 2 aromatic heterocycles. The number of aromatic nitrogens is 3. The Morgan fingerprint density at radius 3 is 2.72 bits per heavy atom. The van der Waals surface area contributed by atoms with Gasteiger partial charge in [-0.2, -0.15) is 0 Å². The minimum atomic E-state index is 0.246. The van der Waals surface area contributed by atoms with E-state index in [0.29, 0.717) is 5.69 Å². The van der Waals surface area contributed by atoms with Crippen LogP contribution in [0.1, 0.15) is 5.56 Å². The third kappa shape index (κ3) is 1.58. The number of nitrogen functional groups attached to an aromatic ring is 2. The Balaban J connectivity index is 2.45. The Hall–Kier alpha value is -2.21. The minimum Gasteiger partial charge on any atom is -0.398 e. The highest BCUT2D eigenvalue weighted by Gasteiger charge is 2.14. The lowest BCUT2D eigenvalue weighted by molar-refractivity contribution is 1.24. The Morgan fingerprint density at radius 1 is 1.17 bits per heavy atom. The first kappa shape index (κ1) is 10.9. The molecular formula is C12H11N5S. The smallest absolute Gasteiger partial charge is 0.221 e. The lowest BCUT2D eigenvalue weighted by Gasteiger charge is -2.07. The zero-order valence-corrected chi connectivity index (χ0v) is 10.5. The van der Waals surface area contributed by atoms with Crippen molar-refractivity contribution in [3.8, 4) is 10.6 Å². The highest BCUT2D eigenvalue weighted by molar-refractivity contribution is 7.09.